The second-order valence-corrected chi connectivity index (χ2v) is 6.43. The van der Waals surface area contributed by atoms with E-state index < -0.39 is 11.9 Å². The summed E-state index contributed by atoms with van der Waals surface area (Å²) in [6.07, 6.45) is 1.79. The van der Waals surface area contributed by atoms with E-state index in [0.717, 1.165) is 28.5 Å². The summed E-state index contributed by atoms with van der Waals surface area (Å²) >= 11 is 0. The van der Waals surface area contributed by atoms with E-state index in [1.54, 1.807) is 32.5 Å². The molecule has 1 aromatic heterocycles. The fraction of sp³-hybridized carbons (Fsp3) is 0.227. The molecule has 0 fully saturated rings. The second-order valence-electron chi connectivity index (χ2n) is 6.43. The van der Waals surface area contributed by atoms with Crippen molar-refractivity contribution < 1.29 is 33.7 Å². The molecule has 3 aromatic rings. The first-order valence-corrected chi connectivity index (χ1v) is 9.49. The number of aromatic nitrogens is 2. The highest BCUT2D eigenvalue weighted by Crippen LogP contribution is 2.24. The molecule has 0 aliphatic heterocycles. The van der Waals surface area contributed by atoms with Crippen LogP contribution in [0, 0.1) is 5.82 Å². The number of hydrogen-bond donors (Lipinski definition) is 3. The average Bonchev–Trinajstić information content (AvgIpc) is 3.19. The van der Waals surface area contributed by atoms with E-state index in [4.69, 9.17) is 29.3 Å². The normalized spacial score (nSPS) is 10.1. The number of rotatable bonds is 8. The van der Waals surface area contributed by atoms with Crippen molar-refractivity contribution in [1.29, 1.82) is 0 Å². The number of benzene rings is 2. The van der Waals surface area contributed by atoms with Crippen molar-refractivity contribution in [3.63, 3.8) is 0 Å². The molecule has 0 saturated carbocycles. The van der Waals surface area contributed by atoms with E-state index in [1.807, 2.05) is 28.8 Å². The molecule has 2 aromatic carbocycles. The zero-order valence-electron chi connectivity index (χ0n) is 17.6. The topological polar surface area (TPSA) is 123 Å². The fourth-order valence-electron chi connectivity index (χ4n) is 2.74. The number of ether oxygens (including phenoxy) is 2. The summed E-state index contributed by atoms with van der Waals surface area (Å²) in [5.74, 6) is -2.35. The summed E-state index contributed by atoms with van der Waals surface area (Å²) in [6, 6.07) is 14.3. The lowest BCUT2D eigenvalue weighted by molar-refractivity contribution is -0.159. The third-order valence-electron chi connectivity index (χ3n) is 4.28. The first kappa shape index (κ1) is 24.4. The number of carbonyl (C=O) groups is 2. The summed E-state index contributed by atoms with van der Waals surface area (Å²) in [5.41, 5.74) is 2.91. The number of aliphatic carboxylic acids is 2. The van der Waals surface area contributed by atoms with Crippen molar-refractivity contribution in [2.75, 3.05) is 26.1 Å². The Bertz CT molecular complexity index is 1020. The Labute approximate surface area is 184 Å². The molecule has 10 heteroatoms. The molecule has 0 unspecified atom stereocenters. The van der Waals surface area contributed by atoms with Gasteiger partial charge in [-0.3, -0.25) is 0 Å². The molecule has 32 heavy (non-hydrogen) atoms. The maximum Gasteiger partial charge on any atom is 0.414 e. The van der Waals surface area contributed by atoms with Crippen LogP contribution >= 0.6 is 0 Å². The van der Waals surface area contributed by atoms with Crippen molar-refractivity contribution in [1.82, 2.24) is 9.55 Å². The molecule has 0 atom stereocenters. The minimum atomic E-state index is -1.82. The van der Waals surface area contributed by atoms with E-state index >= 15 is 0 Å². The number of carboxylic acid groups (broad SMARTS) is 2. The third-order valence-corrected chi connectivity index (χ3v) is 4.28. The average molecular weight is 445 g/mol. The molecule has 0 aliphatic rings. The van der Waals surface area contributed by atoms with Gasteiger partial charge in [-0.2, -0.15) is 0 Å². The molecular formula is C22H24FN3O6. The smallest absolute Gasteiger partial charge is 0.414 e. The predicted molar refractivity (Wildman–Crippen MR) is 115 cm³/mol. The van der Waals surface area contributed by atoms with Crippen molar-refractivity contribution in [2.24, 2.45) is 0 Å². The summed E-state index contributed by atoms with van der Waals surface area (Å²) in [4.78, 5) is 22.7. The van der Waals surface area contributed by atoms with Crippen LogP contribution in [0.2, 0.25) is 0 Å². The summed E-state index contributed by atoms with van der Waals surface area (Å²) < 4.78 is 25.7. The van der Waals surface area contributed by atoms with Crippen LogP contribution in [0.4, 0.5) is 10.3 Å². The first-order chi connectivity index (χ1) is 15.3. The highest BCUT2D eigenvalue weighted by atomic mass is 19.1. The quantitative estimate of drug-likeness (QED) is 0.452. The van der Waals surface area contributed by atoms with E-state index in [0.29, 0.717) is 19.7 Å². The van der Waals surface area contributed by atoms with Gasteiger partial charge < -0.3 is 29.6 Å². The van der Waals surface area contributed by atoms with Crippen LogP contribution in [0.3, 0.4) is 0 Å². The van der Waals surface area contributed by atoms with Gasteiger partial charge in [-0.05, 0) is 42.0 Å². The summed E-state index contributed by atoms with van der Waals surface area (Å²) in [5, 5.41) is 18.1. The molecule has 1 heterocycles. The monoisotopic (exact) mass is 445 g/mol. The van der Waals surface area contributed by atoms with E-state index in [2.05, 4.69) is 10.3 Å². The lowest BCUT2D eigenvalue weighted by Gasteiger charge is -2.13. The molecule has 0 aliphatic carbocycles. The van der Waals surface area contributed by atoms with E-state index in [1.165, 1.54) is 12.1 Å². The Morgan fingerprint density at radius 1 is 1.09 bits per heavy atom. The van der Waals surface area contributed by atoms with Crippen molar-refractivity contribution in [2.45, 2.75) is 13.1 Å². The lowest BCUT2D eigenvalue weighted by Crippen LogP contribution is -2.11. The Hall–Kier alpha value is -3.92. The number of carboxylic acids is 2. The number of halogens is 1. The van der Waals surface area contributed by atoms with Crippen LogP contribution in [0.1, 0.15) is 5.56 Å². The summed E-state index contributed by atoms with van der Waals surface area (Å²) in [7, 11) is 3.32. The Balaban J connectivity index is 0.000000534. The lowest BCUT2D eigenvalue weighted by atomic mass is 10.1. The van der Waals surface area contributed by atoms with Gasteiger partial charge in [0.15, 0.2) is 0 Å². The summed E-state index contributed by atoms with van der Waals surface area (Å²) in [6.45, 7) is 1.81. The Morgan fingerprint density at radius 3 is 2.38 bits per heavy atom. The Kier molecular flexibility index (Phi) is 9.18. The molecule has 0 amide bonds. The van der Waals surface area contributed by atoms with E-state index in [-0.39, 0.29) is 5.82 Å². The van der Waals surface area contributed by atoms with Crippen LogP contribution in [0.5, 0.6) is 5.75 Å². The zero-order chi connectivity index (χ0) is 23.5. The molecule has 0 spiro atoms. The van der Waals surface area contributed by atoms with E-state index in [9.17, 15) is 4.39 Å². The number of nitrogens with one attached hydrogen (secondary N) is 1. The van der Waals surface area contributed by atoms with Gasteiger partial charge in [-0.1, -0.05) is 12.1 Å². The second kappa shape index (κ2) is 12.1. The number of methoxy groups -OCH3 is 2. The molecule has 3 N–H and O–H groups in total. The minimum absolute atomic E-state index is 0.256. The van der Waals surface area contributed by atoms with Gasteiger partial charge in [0.25, 0.3) is 0 Å². The molecule has 3 rings (SSSR count). The van der Waals surface area contributed by atoms with Gasteiger partial charge >= 0.3 is 11.9 Å². The van der Waals surface area contributed by atoms with Crippen LogP contribution in [-0.2, 0) is 27.4 Å². The number of anilines is 1. The molecule has 0 bridgehead atoms. The molecular weight excluding hydrogens is 421 g/mol. The maximum atomic E-state index is 13.2. The predicted octanol–water partition coefficient (Wildman–Crippen LogP) is 3.11. The van der Waals surface area contributed by atoms with Gasteiger partial charge in [0.05, 0.1) is 25.6 Å². The molecule has 9 nitrogen and oxygen atoms in total. The highest BCUT2D eigenvalue weighted by molar-refractivity contribution is 6.27. The first-order valence-electron chi connectivity index (χ1n) is 9.49. The van der Waals surface area contributed by atoms with Crippen molar-refractivity contribution >= 4 is 17.9 Å². The largest absolute Gasteiger partial charge is 0.497 e. The molecule has 0 radical (unpaired) electrons. The standard InChI is InChI=1S/C20H22FN3O2.C2H2O4/c1-25-11-10-24-19(16-6-8-17(21)9-7-16)14-23-20(24)22-13-15-4-3-5-18(12-15)26-2;3-1(4)2(5)6/h3-9,12,14H,10-11,13H2,1-2H3,(H,22,23);(H,3,4)(H,5,6). The highest BCUT2D eigenvalue weighted by Gasteiger charge is 2.12. The third kappa shape index (κ3) is 7.10. The SMILES string of the molecule is COCCn1c(-c2ccc(F)cc2)cnc1NCc1cccc(OC)c1.O=C(O)C(=O)O. The minimum Gasteiger partial charge on any atom is -0.497 e. The van der Waals surface area contributed by atoms with Gasteiger partial charge in [0.1, 0.15) is 11.6 Å². The molecule has 170 valence electrons. The molecule has 0 saturated heterocycles. The number of nitrogens with zero attached hydrogens (tertiary/aromatic N) is 2. The number of hydrogen-bond acceptors (Lipinski definition) is 6. The van der Waals surface area contributed by atoms with Crippen LogP contribution < -0.4 is 10.1 Å². The van der Waals surface area contributed by atoms with Gasteiger partial charge in [-0.25, -0.2) is 19.0 Å². The van der Waals surface area contributed by atoms with Crippen LogP contribution in [0.25, 0.3) is 11.3 Å². The van der Waals surface area contributed by atoms with Gasteiger partial charge in [0, 0.05) is 25.8 Å². The number of imidazole rings is 1. The van der Waals surface area contributed by atoms with Gasteiger partial charge in [0.2, 0.25) is 5.95 Å². The Morgan fingerprint density at radius 2 is 1.78 bits per heavy atom. The maximum absolute atomic E-state index is 13.2. The van der Waals surface area contributed by atoms with Crippen molar-refractivity contribution in [3.05, 3.63) is 66.1 Å². The fourth-order valence-corrected chi connectivity index (χ4v) is 2.74. The zero-order valence-corrected chi connectivity index (χ0v) is 17.6. The van der Waals surface area contributed by atoms with Crippen molar-refractivity contribution in [3.8, 4) is 17.0 Å². The van der Waals surface area contributed by atoms with Gasteiger partial charge in [-0.15, -0.1) is 0 Å². The van der Waals surface area contributed by atoms with Crippen LogP contribution in [0.15, 0.2) is 54.7 Å². The van der Waals surface area contributed by atoms with Crippen LogP contribution in [-0.4, -0.2) is 52.5 Å².